The molecule has 5 heteroatoms. The van der Waals surface area contributed by atoms with Crippen LogP contribution in [0.4, 0.5) is 0 Å². The van der Waals surface area contributed by atoms with Crippen LogP contribution >= 0.6 is 27.5 Å². The lowest BCUT2D eigenvalue weighted by atomic mass is 9.99. The fourth-order valence-corrected chi connectivity index (χ4v) is 3.21. The monoisotopic (exact) mass is 324 g/mol. The summed E-state index contributed by atoms with van der Waals surface area (Å²) in [6.07, 6.45) is 0. The first-order valence-corrected chi connectivity index (χ1v) is 7.82. The van der Waals surface area contributed by atoms with Gasteiger partial charge in [0.05, 0.1) is 16.4 Å². The quantitative estimate of drug-likeness (QED) is 0.845. The van der Waals surface area contributed by atoms with Crippen molar-refractivity contribution in [3.63, 3.8) is 0 Å². The second-order valence-corrected chi connectivity index (χ2v) is 6.12. The van der Waals surface area contributed by atoms with E-state index in [0.29, 0.717) is 27.4 Å². The van der Waals surface area contributed by atoms with Gasteiger partial charge >= 0.3 is 0 Å². The average Bonchev–Trinajstić information content (AvgIpc) is 2.29. The van der Waals surface area contributed by atoms with Gasteiger partial charge in [0, 0.05) is 27.4 Å². The molecule has 1 aromatic rings. The maximum atomic E-state index is 11.9. The molecule has 1 aromatic carbocycles. The number of hydrogen-bond acceptors (Lipinski definition) is 2. The van der Waals surface area contributed by atoms with Crippen LogP contribution in [-0.4, -0.2) is 26.3 Å². The molecule has 0 unspecified atom stereocenters. The molecule has 16 heavy (non-hydrogen) atoms. The third-order valence-electron chi connectivity index (χ3n) is 2.24. The van der Waals surface area contributed by atoms with Gasteiger partial charge in [0.2, 0.25) is 0 Å². The topological polar surface area (TPSA) is 37.3 Å². The van der Waals surface area contributed by atoms with Gasteiger partial charge in [0.1, 0.15) is 0 Å². The summed E-state index contributed by atoms with van der Waals surface area (Å²) in [5.41, 5.74) is -0.325. The van der Waals surface area contributed by atoms with Crippen molar-refractivity contribution >= 4 is 38.3 Å². The summed E-state index contributed by atoms with van der Waals surface area (Å²) in [4.78, 5) is 0.660. The summed E-state index contributed by atoms with van der Waals surface area (Å²) < 4.78 is 11.9. The van der Waals surface area contributed by atoms with E-state index in [1.807, 2.05) is 12.1 Å². The summed E-state index contributed by atoms with van der Waals surface area (Å²) in [6.45, 7) is 1.69. The van der Waals surface area contributed by atoms with Crippen LogP contribution in [-0.2, 0) is 16.4 Å². The molecular weight excluding hydrogens is 312 g/mol. The maximum absolute atomic E-state index is 11.9. The highest BCUT2D eigenvalue weighted by molar-refractivity contribution is 9.09. The molecular formula is C11H14BrClO2S. The smallest absolute Gasteiger partial charge is 0.0976 e. The highest BCUT2D eigenvalue weighted by Gasteiger charge is 2.26. The lowest BCUT2D eigenvalue weighted by molar-refractivity contribution is 0.0823. The van der Waals surface area contributed by atoms with Gasteiger partial charge < -0.3 is 5.11 Å². The minimum absolute atomic E-state index is 0.345. The molecule has 0 amide bonds. The Bertz CT molecular complexity index is 382. The normalized spacial score (nSPS) is 16.8. The first-order chi connectivity index (χ1) is 7.53. The zero-order chi connectivity index (χ0) is 12.2. The van der Waals surface area contributed by atoms with Crippen LogP contribution in [0.15, 0.2) is 29.2 Å². The average molecular weight is 326 g/mol. The van der Waals surface area contributed by atoms with Crippen molar-refractivity contribution in [1.82, 2.24) is 0 Å². The number of halogens is 2. The van der Waals surface area contributed by atoms with Crippen LogP contribution in [0, 0.1) is 0 Å². The van der Waals surface area contributed by atoms with Crippen molar-refractivity contribution in [1.29, 1.82) is 0 Å². The van der Waals surface area contributed by atoms with Crippen molar-refractivity contribution in [3.8, 4) is 0 Å². The van der Waals surface area contributed by atoms with Crippen LogP contribution < -0.4 is 0 Å². The third kappa shape index (κ3) is 3.29. The third-order valence-corrected chi connectivity index (χ3v) is 5.16. The minimum Gasteiger partial charge on any atom is -0.385 e. The van der Waals surface area contributed by atoms with E-state index in [9.17, 15) is 9.32 Å². The second kappa shape index (κ2) is 6.15. The van der Waals surface area contributed by atoms with Crippen LogP contribution in [0.2, 0.25) is 0 Å². The Morgan fingerprint density at radius 3 is 2.69 bits per heavy atom. The molecule has 2 atom stereocenters. The van der Waals surface area contributed by atoms with E-state index >= 15 is 0 Å². The fourth-order valence-electron chi connectivity index (χ4n) is 1.36. The Balaban J connectivity index is 3.15. The summed E-state index contributed by atoms with van der Waals surface area (Å²) >= 11 is 8.84. The molecule has 90 valence electrons. The SMILES string of the molecule is C[C@@](O)(CBr)c1ccccc1[S@](=O)CCCl. The van der Waals surface area contributed by atoms with Gasteiger partial charge in [-0.15, -0.1) is 11.6 Å². The highest BCUT2D eigenvalue weighted by Crippen LogP contribution is 2.28. The zero-order valence-corrected chi connectivity index (χ0v) is 12.1. The first-order valence-electron chi connectivity index (χ1n) is 4.85. The largest absolute Gasteiger partial charge is 0.385 e. The van der Waals surface area contributed by atoms with Crippen molar-refractivity contribution in [2.24, 2.45) is 0 Å². The summed E-state index contributed by atoms with van der Waals surface area (Å²) in [5, 5.41) is 10.6. The number of benzene rings is 1. The lowest BCUT2D eigenvalue weighted by Crippen LogP contribution is -2.25. The number of hydrogen-bond donors (Lipinski definition) is 1. The molecule has 0 aliphatic heterocycles. The van der Waals surface area contributed by atoms with Crippen molar-refractivity contribution in [2.75, 3.05) is 17.0 Å². The molecule has 0 heterocycles. The Hall–Kier alpha value is 0.1000. The molecule has 0 aliphatic rings. The lowest BCUT2D eigenvalue weighted by Gasteiger charge is -2.23. The number of rotatable bonds is 5. The van der Waals surface area contributed by atoms with Gasteiger partial charge in [-0.05, 0) is 13.0 Å². The second-order valence-electron chi connectivity index (χ2n) is 3.64. The van der Waals surface area contributed by atoms with Gasteiger partial charge in [-0.2, -0.15) is 0 Å². The van der Waals surface area contributed by atoms with Gasteiger partial charge in [0.15, 0.2) is 0 Å². The summed E-state index contributed by atoms with van der Waals surface area (Å²) in [5.74, 6) is 0.744. The Labute approximate surface area is 112 Å². The van der Waals surface area contributed by atoms with Crippen LogP contribution in [0.1, 0.15) is 12.5 Å². The molecule has 0 aliphatic carbocycles. The van der Waals surface area contributed by atoms with Crippen molar-refractivity contribution in [2.45, 2.75) is 17.4 Å². The minimum atomic E-state index is -1.16. The number of aliphatic hydroxyl groups is 1. The van der Waals surface area contributed by atoms with Gasteiger partial charge in [0.25, 0.3) is 0 Å². The van der Waals surface area contributed by atoms with Crippen molar-refractivity contribution in [3.05, 3.63) is 29.8 Å². The molecule has 0 saturated heterocycles. The molecule has 0 radical (unpaired) electrons. The number of alkyl halides is 2. The predicted molar refractivity (Wildman–Crippen MR) is 71.8 cm³/mol. The first kappa shape index (κ1) is 14.2. The predicted octanol–water partition coefficient (Wildman–Crippen LogP) is 2.64. The van der Waals surface area contributed by atoms with Gasteiger partial charge in [-0.1, -0.05) is 34.1 Å². The molecule has 1 rings (SSSR count). The van der Waals surface area contributed by atoms with Crippen LogP contribution in [0.3, 0.4) is 0 Å². The molecule has 0 saturated carbocycles. The van der Waals surface area contributed by atoms with Crippen molar-refractivity contribution < 1.29 is 9.32 Å². The molecule has 0 spiro atoms. The van der Waals surface area contributed by atoms with E-state index in [1.54, 1.807) is 19.1 Å². The molecule has 0 bridgehead atoms. The Morgan fingerprint density at radius 2 is 2.12 bits per heavy atom. The van der Waals surface area contributed by atoms with E-state index in [2.05, 4.69) is 15.9 Å². The Kier molecular flexibility index (Phi) is 5.44. The molecule has 0 fully saturated rings. The molecule has 2 nitrogen and oxygen atoms in total. The fraction of sp³-hybridized carbons (Fsp3) is 0.455. The van der Waals surface area contributed by atoms with E-state index in [1.165, 1.54) is 0 Å². The zero-order valence-electron chi connectivity index (χ0n) is 8.95. The van der Waals surface area contributed by atoms with E-state index < -0.39 is 16.4 Å². The Morgan fingerprint density at radius 1 is 1.50 bits per heavy atom. The van der Waals surface area contributed by atoms with Crippen LogP contribution in [0.25, 0.3) is 0 Å². The summed E-state index contributed by atoms with van der Waals surface area (Å²) in [6, 6.07) is 7.21. The summed E-state index contributed by atoms with van der Waals surface area (Å²) in [7, 11) is -1.16. The van der Waals surface area contributed by atoms with Gasteiger partial charge in [-0.25, -0.2) is 0 Å². The van der Waals surface area contributed by atoms with Crippen LogP contribution in [0.5, 0.6) is 0 Å². The van der Waals surface area contributed by atoms with E-state index in [4.69, 9.17) is 11.6 Å². The highest BCUT2D eigenvalue weighted by atomic mass is 79.9. The van der Waals surface area contributed by atoms with E-state index in [0.717, 1.165) is 0 Å². The maximum Gasteiger partial charge on any atom is 0.0976 e. The molecule has 1 N–H and O–H groups in total. The van der Waals surface area contributed by atoms with Gasteiger partial charge in [-0.3, -0.25) is 4.21 Å². The molecule has 0 aromatic heterocycles. The standard InChI is InChI=1S/C11H14BrClO2S/c1-11(14,8-12)9-4-2-3-5-10(9)16(15)7-6-13/h2-5,14H,6-8H2,1H3/t11-,16-/m1/s1. The van der Waals surface area contributed by atoms with E-state index in [-0.39, 0.29) is 0 Å².